The number of fused-ring (bicyclic) bond motifs is 1. The molecule has 0 aliphatic carbocycles. The molecule has 4 N–H and O–H groups in total. The monoisotopic (exact) mass is 573 g/mol. The second kappa shape index (κ2) is 13.6. The molecule has 0 atom stereocenters. The normalized spacial score (nSPS) is 11.9. The molecule has 0 spiro atoms. The zero-order chi connectivity index (χ0) is 26.8. The fourth-order valence-corrected chi connectivity index (χ4v) is 4.91. The van der Waals surface area contributed by atoms with E-state index >= 15 is 0 Å². The molecule has 14 nitrogen and oxygen atoms in total. The highest BCUT2D eigenvalue weighted by atomic mass is 32.2. The molecule has 0 saturated carbocycles. The van der Waals surface area contributed by atoms with Crippen molar-refractivity contribution >= 4 is 67.9 Å². The number of anilines is 1. The van der Waals surface area contributed by atoms with Crippen LogP contribution in [0.4, 0.5) is 17.1 Å². The second-order valence-corrected chi connectivity index (χ2v) is 10.3. The molecule has 37 heavy (non-hydrogen) atoms. The summed E-state index contributed by atoms with van der Waals surface area (Å²) in [6.07, 6.45) is 0. The number of amides is 1. The molecule has 0 aliphatic rings. The van der Waals surface area contributed by atoms with Crippen molar-refractivity contribution in [3.63, 3.8) is 0 Å². The van der Waals surface area contributed by atoms with E-state index in [2.05, 4.69) is 34.3 Å². The Balaban J connectivity index is 1.84. The number of nitrogens with zero attached hydrogens (tertiary/aromatic N) is 2. The number of rotatable bonds is 13. The summed E-state index contributed by atoms with van der Waals surface area (Å²) in [7, 11) is -3.68. The summed E-state index contributed by atoms with van der Waals surface area (Å²) in [4.78, 5) is 11.6. The Labute approximate surface area is 218 Å². The van der Waals surface area contributed by atoms with E-state index in [1.165, 1.54) is 31.2 Å². The maximum absolute atomic E-state index is 12.4. The van der Waals surface area contributed by atoms with Crippen LogP contribution in [0.15, 0.2) is 68.6 Å². The molecule has 0 fully saturated rings. The van der Waals surface area contributed by atoms with Crippen molar-refractivity contribution in [2.75, 3.05) is 17.7 Å². The summed E-state index contributed by atoms with van der Waals surface area (Å²) in [6.45, 7) is 1.13. The first kappa shape index (κ1) is 28.7. The number of phenolic OH excluding ortho intramolecular Hbond substituents is 1. The van der Waals surface area contributed by atoms with Gasteiger partial charge in [-0.3, -0.25) is 8.98 Å². The molecule has 1 amide bonds. The maximum atomic E-state index is 12.4. The number of carbonyl (C=O) groups is 1. The minimum absolute atomic E-state index is 0.00708. The molecule has 0 heterocycles. The Hall–Kier alpha value is -2.84. The number of phenols is 1. The Kier molecular flexibility index (Phi) is 10.6. The Morgan fingerprint density at radius 2 is 1.76 bits per heavy atom. The average molecular weight is 574 g/mol. The van der Waals surface area contributed by atoms with Crippen molar-refractivity contribution in [3.8, 4) is 5.75 Å². The Morgan fingerprint density at radius 1 is 1.03 bits per heavy atom. The van der Waals surface area contributed by atoms with Crippen LogP contribution in [-0.4, -0.2) is 42.3 Å². The highest BCUT2D eigenvalue weighted by molar-refractivity contribution is 7.94. The van der Waals surface area contributed by atoms with Crippen LogP contribution in [0.5, 0.6) is 5.75 Å². The van der Waals surface area contributed by atoms with E-state index < -0.39 is 9.84 Å². The lowest BCUT2D eigenvalue weighted by atomic mass is 10.1. The average Bonchev–Trinajstić information content (AvgIpc) is 2.86. The largest absolute Gasteiger partial charge is 0.505 e. The third kappa shape index (κ3) is 8.07. The highest BCUT2D eigenvalue weighted by Gasteiger charge is 2.17. The standard InChI is InChI=1S/C20H19N3O11S3/c1-12(24)21-15-4-7-17-13(10-15)11-18(35-33-31-26)19(20(17)25)23-22-14-2-5-16(6-3-14)37(28,29)9-8-30-36-34-32-27/h2-7,10-11,25-27H,8-9H2,1H3,(H,21,24)/b23-22+. The van der Waals surface area contributed by atoms with Crippen molar-refractivity contribution in [3.05, 3.63) is 48.5 Å². The number of aromatic hydroxyl groups is 1. The van der Waals surface area contributed by atoms with Gasteiger partial charge in [0.1, 0.15) is 5.69 Å². The van der Waals surface area contributed by atoms with Gasteiger partial charge in [-0.05, 0) is 53.9 Å². The zero-order valence-corrected chi connectivity index (χ0v) is 21.2. The number of azo groups is 1. The van der Waals surface area contributed by atoms with E-state index in [1.54, 1.807) is 24.3 Å². The van der Waals surface area contributed by atoms with E-state index in [1.807, 2.05) is 0 Å². The summed E-state index contributed by atoms with van der Waals surface area (Å²) in [5.74, 6) is -0.889. The summed E-state index contributed by atoms with van der Waals surface area (Å²) in [6, 6.07) is 11.8. The van der Waals surface area contributed by atoms with Crippen LogP contribution >= 0.6 is 24.4 Å². The number of benzene rings is 3. The van der Waals surface area contributed by atoms with E-state index in [0.717, 1.165) is 0 Å². The molecule has 198 valence electrons. The van der Waals surface area contributed by atoms with Gasteiger partial charge in [-0.1, -0.05) is 10.1 Å². The third-order valence-electron chi connectivity index (χ3n) is 4.53. The molecule has 0 aromatic heterocycles. The third-order valence-corrected chi connectivity index (χ3v) is 7.22. The van der Waals surface area contributed by atoms with Crippen LogP contribution in [-0.2, 0) is 37.6 Å². The van der Waals surface area contributed by atoms with Gasteiger partial charge >= 0.3 is 0 Å². The SMILES string of the molecule is CC(=O)Nc1ccc2c(O)c(/N=N/c3ccc(S(=O)(=O)CCOSOOO)cc3)c(SOOO)cc2c1. The highest BCUT2D eigenvalue weighted by Crippen LogP contribution is 2.44. The molecule has 3 rings (SSSR count). The smallest absolute Gasteiger partial charge is 0.221 e. The molecule has 17 heteroatoms. The molecule has 0 aliphatic heterocycles. The van der Waals surface area contributed by atoms with E-state index in [4.69, 9.17) is 14.7 Å². The first-order valence-corrected chi connectivity index (χ1v) is 13.0. The van der Waals surface area contributed by atoms with Gasteiger partial charge in [0, 0.05) is 18.0 Å². The van der Waals surface area contributed by atoms with Crippen LogP contribution in [0, 0.1) is 0 Å². The lowest BCUT2D eigenvalue weighted by Gasteiger charge is -2.10. The van der Waals surface area contributed by atoms with Crippen LogP contribution < -0.4 is 5.32 Å². The molecule has 3 aromatic rings. The fourth-order valence-electron chi connectivity index (χ4n) is 3.00. The number of sulfone groups is 1. The number of hydrogen-bond donors (Lipinski definition) is 4. The molecule has 3 aromatic carbocycles. The van der Waals surface area contributed by atoms with Gasteiger partial charge in [-0.2, -0.15) is 5.11 Å². The van der Waals surface area contributed by atoms with Crippen molar-refractivity contribution in [1.29, 1.82) is 0 Å². The van der Waals surface area contributed by atoms with Gasteiger partial charge in [-0.15, -0.1) is 13.8 Å². The van der Waals surface area contributed by atoms with Gasteiger partial charge in [0.25, 0.3) is 0 Å². The molecule has 0 saturated heterocycles. The lowest BCUT2D eigenvalue weighted by molar-refractivity contribution is -0.434. The van der Waals surface area contributed by atoms with E-state index in [9.17, 15) is 18.3 Å². The summed E-state index contributed by atoms with van der Waals surface area (Å²) < 4.78 is 38.0. The Bertz CT molecular complexity index is 1370. The maximum Gasteiger partial charge on any atom is 0.221 e. The van der Waals surface area contributed by atoms with Gasteiger partial charge in [-0.25, -0.2) is 18.9 Å². The van der Waals surface area contributed by atoms with Crippen LogP contribution in [0.25, 0.3) is 10.8 Å². The predicted molar refractivity (Wildman–Crippen MR) is 132 cm³/mol. The zero-order valence-electron chi connectivity index (χ0n) is 18.8. The van der Waals surface area contributed by atoms with Gasteiger partial charge < -0.3 is 10.4 Å². The predicted octanol–water partition coefficient (Wildman–Crippen LogP) is 5.12. The second-order valence-electron chi connectivity index (χ2n) is 6.96. The van der Waals surface area contributed by atoms with Crippen LogP contribution in [0.2, 0.25) is 0 Å². The number of nitrogens with one attached hydrogen (secondary N) is 1. The minimum Gasteiger partial charge on any atom is -0.505 e. The Morgan fingerprint density at radius 3 is 2.43 bits per heavy atom. The molecule has 0 radical (unpaired) electrons. The summed E-state index contributed by atoms with van der Waals surface area (Å²) in [5.41, 5.74) is 0.759. The van der Waals surface area contributed by atoms with Crippen molar-refractivity contribution in [2.24, 2.45) is 10.2 Å². The van der Waals surface area contributed by atoms with Crippen molar-refractivity contribution in [1.82, 2.24) is 0 Å². The van der Waals surface area contributed by atoms with E-state index in [0.29, 0.717) is 28.5 Å². The summed E-state index contributed by atoms with van der Waals surface area (Å²) >= 11 is 0.826. The lowest BCUT2D eigenvalue weighted by Crippen LogP contribution is -2.10. The quantitative estimate of drug-likeness (QED) is 0.0692. The molecule has 0 unspecified atom stereocenters. The fraction of sp³-hybridized carbons (Fsp3) is 0.150. The summed E-state index contributed by atoms with van der Waals surface area (Å²) in [5, 5.41) is 46.0. The van der Waals surface area contributed by atoms with E-state index in [-0.39, 0.29) is 57.5 Å². The first-order valence-electron chi connectivity index (χ1n) is 9.98. The number of hydrogen-bond acceptors (Lipinski definition) is 15. The van der Waals surface area contributed by atoms with Gasteiger partial charge in [0.05, 0.1) is 39.9 Å². The van der Waals surface area contributed by atoms with Crippen molar-refractivity contribution in [2.45, 2.75) is 16.7 Å². The first-order chi connectivity index (χ1) is 17.7. The number of carbonyl (C=O) groups excluding carboxylic acids is 1. The minimum atomic E-state index is -3.68. The van der Waals surface area contributed by atoms with Crippen LogP contribution in [0.3, 0.4) is 0 Å². The molecular formula is C20H19N3O11S3. The molecule has 0 bridgehead atoms. The molecular weight excluding hydrogens is 554 g/mol. The van der Waals surface area contributed by atoms with Crippen molar-refractivity contribution < 1.29 is 51.8 Å². The van der Waals surface area contributed by atoms with Gasteiger partial charge in [0.2, 0.25) is 5.91 Å². The topological polar surface area (TPSA) is 195 Å². The van der Waals surface area contributed by atoms with Gasteiger partial charge in [0.15, 0.2) is 27.9 Å². The van der Waals surface area contributed by atoms with Crippen LogP contribution in [0.1, 0.15) is 6.92 Å².